The molecule has 18 heavy (non-hydrogen) atoms. The fourth-order valence-electron chi connectivity index (χ4n) is 1.44. The van der Waals surface area contributed by atoms with Crippen LogP contribution in [0, 0.1) is 5.82 Å². The Morgan fingerprint density at radius 2 is 2.06 bits per heavy atom. The van der Waals surface area contributed by atoms with E-state index < -0.39 is 11.8 Å². The van der Waals surface area contributed by atoms with Crippen molar-refractivity contribution in [2.45, 2.75) is 0 Å². The van der Waals surface area contributed by atoms with Gasteiger partial charge in [0.25, 0.3) is 0 Å². The number of rotatable bonds is 1. The molecule has 0 amide bonds. The average Bonchev–Trinajstić information content (AvgIpc) is 2.30. The van der Waals surface area contributed by atoms with E-state index >= 15 is 0 Å². The Morgan fingerprint density at radius 3 is 2.44 bits per heavy atom. The number of hydrogen-bond donors (Lipinski definition) is 2. The normalized spacial score (nSPS) is 15.7. The molecule has 0 aromatic heterocycles. The van der Waals surface area contributed by atoms with E-state index in [1.165, 1.54) is 25.2 Å². The number of piperazine rings is 1. The SMILES string of the molecule is CN1CCNCC1.O=C(O)c1ccc(Br)cc1F. The fourth-order valence-corrected chi connectivity index (χ4v) is 1.77. The fraction of sp³-hybridized carbons (Fsp3) is 0.417. The van der Waals surface area contributed by atoms with Crippen molar-refractivity contribution in [2.75, 3.05) is 33.2 Å². The molecule has 2 rings (SSSR count). The van der Waals surface area contributed by atoms with Crippen LogP contribution in [0.3, 0.4) is 0 Å². The van der Waals surface area contributed by atoms with E-state index in [0.717, 1.165) is 19.2 Å². The predicted octanol–water partition coefficient (Wildman–Crippen LogP) is 1.81. The van der Waals surface area contributed by atoms with E-state index in [4.69, 9.17) is 5.11 Å². The van der Waals surface area contributed by atoms with E-state index in [1.807, 2.05) is 0 Å². The summed E-state index contributed by atoms with van der Waals surface area (Å²) in [4.78, 5) is 12.6. The first-order valence-corrected chi connectivity index (χ1v) is 6.37. The lowest BCUT2D eigenvalue weighted by Gasteiger charge is -2.21. The molecule has 1 fully saturated rings. The number of aromatic carboxylic acids is 1. The number of carboxylic acids is 1. The summed E-state index contributed by atoms with van der Waals surface area (Å²) in [5, 5.41) is 11.7. The van der Waals surface area contributed by atoms with Crippen molar-refractivity contribution in [2.24, 2.45) is 0 Å². The molecule has 4 nitrogen and oxygen atoms in total. The van der Waals surface area contributed by atoms with E-state index in [-0.39, 0.29) is 5.56 Å². The third kappa shape index (κ3) is 5.12. The maximum atomic E-state index is 12.7. The number of nitrogens with zero attached hydrogens (tertiary/aromatic N) is 1. The van der Waals surface area contributed by atoms with Gasteiger partial charge in [-0.3, -0.25) is 0 Å². The molecular formula is C12H16BrFN2O2. The second-order valence-corrected chi connectivity index (χ2v) is 4.90. The zero-order chi connectivity index (χ0) is 13.5. The van der Waals surface area contributed by atoms with Crippen LogP contribution < -0.4 is 5.32 Å². The quantitative estimate of drug-likeness (QED) is 0.829. The number of likely N-dealkylation sites (N-methyl/N-ethyl adjacent to an activating group) is 1. The summed E-state index contributed by atoms with van der Waals surface area (Å²) in [6.07, 6.45) is 0. The molecule has 1 aromatic carbocycles. The minimum absolute atomic E-state index is 0.312. The van der Waals surface area contributed by atoms with Crippen molar-refractivity contribution in [3.63, 3.8) is 0 Å². The minimum Gasteiger partial charge on any atom is -0.478 e. The molecule has 0 spiro atoms. The molecule has 0 unspecified atom stereocenters. The number of hydrogen-bond acceptors (Lipinski definition) is 3. The van der Waals surface area contributed by atoms with Gasteiger partial charge in [0.1, 0.15) is 5.82 Å². The van der Waals surface area contributed by atoms with Gasteiger partial charge >= 0.3 is 5.97 Å². The molecule has 0 atom stereocenters. The summed E-state index contributed by atoms with van der Waals surface area (Å²) in [6, 6.07) is 3.80. The summed E-state index contributed by atoms with van der Waals surface area (Å²) in [7, 11) is 2.15. The molecule has 6 heteroatoms. The Bertz CT molecular complexity index is 409. The molecule has 1 aliphatic heterocycles. The Hall–Kier alpha value is -0.980. The van der Waals surface area contributed by atoms with Gasteiger partial charge in [-0.2, -0.15) is 0 Å². The molecule has 1 saturated heterocycles. The molecule has 0 radical (unpaired) electrons. The van der Waals surface area contributed by atoms with Crippen LogP contribution in [0.2, 0.25) is 0 Å². The maximum Gasteiger partial charge on any atom is 0.338 e. The maximum absolute atomic E-state index is 12.7. The van der Waals surface area contributed by atoms with Crippen LogP contribution in [0.5, 0.6) is 0 Å². The minimum atomic E-state index is -1.25. The second-order valence-electron chi connectivity index (χ2n) is 3.98. The van der Waals surface area contributed by atoms with Crippen LogP contribution >= 0.6 is 15.9 Å². The highest BCUT2D eigenvalue weighted by atomic mass is 79.9. The van der Waals surface area contributed by atoms with Crippen LogP contribution in [0.25, 0.3) is 0 Å². The highest BCUT2D eigenvalue weighted by Gasteiger charge is 2.08. The monoisotopic (exact) mass is 318 g/mol. The molecule has 0 bridgehead atoms. The van der Waals surface area contributed by atoms with Gasteiger partial charge in [0.15, 0.2) is 0 Å². The van der Waals surface area contributed by atoms with Crippen LogP contribution in [-0.4, -0.2) is 49.2 Å². The molecule has 1 heterocycles. The summed E-state index contributed by atoms with van der Waals surface area (Å²) in [6.45, 7) is 4.74. The van der Waals surface area contributed by atoms with Crippen molar-refractivity contribution in [3.8, 4) is 0 Å². The average molecular weight is 319 g/mol. The lowest BCUT2D eigenvalue weighted by Crippen LogP contribution is -2.40. The van der Waals surface area contributed by atoms with Crippen LogP contribution in [0.1, 0.15) is 10.4 Å². The number of benzene rings is 1. The van der Waals surface area contributed by atoms with E-state index in [0.29, 0.717) is 4.47 Å². The lowest BCUT2D eigenvalue weighted by molar-refractivity contribution is 0.0692. The van der Waals surface area contributed by atoms with Crippen molar-refractivity contribution in [1.29, 1.82) is 0 Å². The largest absolute Gasteiger partial charge is 0.478 e. The molecule has 1 aromatic rings. The highest BCUT2D eigenvalue weighted by molar-refractivity contribution is 9.10. The number of halogens is 2. The first kappa shape index (κ1) is 15.1. The first-order chi connectivity index (χ1) is 8.50. The Labute approximate surface area is 114 Å². The molecule has 1 aliphatic rings. The van der Waals surface area contributed by atoms with Crippen molar-refractivity contribution in [1.82, 2.24) is 10.2 Å². The van der Waals surface area contributed by atoms with Gasteiger partial charge in [-0.1, -0.05) is 15.9 Å². The zero-order valence-corrected chi connectivity index (χ0v) is 11.7. The van der Waals surface area contributed by atoms with Crippen LogP contribution in [0.15, 0.2) is 22.7 Å². The summed E-state index contributed by atoms with van der Waals surface area (Å²) < 4.78 is 13.2. The number of nitrogens with one attached hydrogen (secondary N) is 1. The molecular weight excluding hydrogens is 303 g/mol. The Morgan fingerprint density at radius 1 is 1.44 bits per heavy atom. The third-order valence-electron chi connectivity index (χ3n) is 2.50. The van der Waals surface area contributed by atoms with Crippen LogP contribution in [0.4, 0.5) is 4.39 Å². The van der Waals surface area contributed by atoms with Gasteiger partial charge in [0.2, 0.25) is 0 Å². The highest BCUT2D eigenvalue weighted by Crippen LogP contribution is 2.14. The van der Waals surface area contributed by atoms with E-state index in [1.54, 1.807) is 0 Å². The second kappa shape index (κ2) is 7.45. The van der Waals surface area contributed by atoms with E-state index in [9.17, 15) is 9.18 Å². The smallest absolute Gasteiger partial charge is 0.338 e. The van der Waals surface area contributed by atoms with Gasteiger partial charge in [0, 0.05) is 30.7 Å². The van der Waals surface area contributed by atoms with Gasteiger partial charge in [-0.25, -0.2) is 9.18 Å². The van der Waals surface area contributed by atoms with Crippen molar-refractivity contribution in [3.05, 3.63) is 34.1 Å². The molecule has 2 N–H and O–H groups in total. The zero-order valence-electron chi connectivity index (χ0n) is 10.1. The summed E-state index contributed by atoms with van der Waals surface area (Å²) in [5.41, 5.74) is -0.312. The van der Waals surface area contributed by atoms with Crippen molar-refractivity contribution < 1.29 is 14.3 Å². The topological polar surface area (TPSA) is 52.6 Å². The lowest BCUT2D eigenvalue weighted by atomic mass is 10.2. The van der Waals surface area contributed by atoms with E-state index in [2.05, 4.69) is 33.2 Å². The van der Waals surface area contributed by atoms with Gasteiger partial charge in [0.05, 0.1) is 5.56 Å². The molecule has 0 aliphatic carbocycles. The predicted molar refractivity (Wildman–Crippen MR) is 71.4 cm³/mol. The van der Waals surface area contributed by atoms with Crippen molar-refractivity contribution >= 4 is 21.9 Å². The van der Waals surface area contributed by atoms with Gasteiger partial charge in [-0.15, -0.1) is 0 Å². The molecule has 100 valence electrons. The number of carbonyl (C=O) groups is 1. The Kier molecular flexibility index (Phi) is 6.24. The third-order valence-corrected chi connectivity index (χ3v) is 3.00. The number of carboxylic acid groups (broad SMARTS) is 1. The van der Waals surface area contributed by atoms with Crippen LogP contribution in [-0.2, 0) is 0 Å². The van der Waals surface area contributed by atoms with Gasteiger partial charge < -0.3 is 15.3 Å². The Balaban J connectivity index is 0.000000199. The van der Waals surface area contributed by atoms with Gasteiger partial charge in [-0.05, 0) is 25.2 Å². The molecule has 0 saturated carbocycles. The first-order valence-electron chi connectivity index (χ1n) is 5.58. The summed E-state index contributed by atoms with van der Waals surface area (Å²) in [5.74, 6) is -1.98. The standard InChI is InChI=1S/C7H4BrFO2.C5H12N2/c8-4-1-2-5(7(10)11)6(9)3-4;1-7-4-2-6-3-5-7/h1-3H,(H,10,11);6H,2-5H2,1H3. The summed E-state index contributed by atoms with van der Waals surface area (Å²) >= 11 is 3.01.